The lowest BCUT2D eigenvalue weighted by atomic mass is 9.75. The van der Waals surface area contributed by atoms with Gasteiger partial charge in [-0.05, 0) is 32.1 Å². The van der Waals surface area contributed by atoms with Crippen molar-refractivity contribution in [3.05, 3.63) is 6.20 Å². The standard InChI is InChI=1S/C14H22N6/c1-3-8-15-13-17-11(10-9-16-20-12(10)18-13)19-14(4-2)6-5-7-14/h9H,3-8H2,1-2H3,(H3,15,16,17,18,19,20). The van der Waals surface area contributed by atoms with Crippen LogP contribution in [0.25, 0.3) is 11.0 Å². The summed E-state index contributed by atoms with van der Waals surface area (Å²) >= 11 is 0. The van der Waals surface area contributed by atoms with Crippen LogP contribution in [0.4, 0.5) is 11.8 Å². The molecule has 0 radical (unpaired) electrons. The highest BCUT2D eigenvalue weighted by Gasteiger charge is 2.35. The molecule has 0 bridgehead atoms. The van der Waals surface area contributed by atoms with Gasteiger partial charge in [0, 0.05) is 12.1 Å². The third-order valence-corrected chi connectivity index (χ3v) is 4.21. The van der Waals surface area contributed by atoms with Gasteiger partial charge in [-0.3, -0.25) is 5.10 Å². The molecule has 2 heterocycles. The molecule has 20 heavy (non-hydrogen) atoms. The van der Waals surface area contributed by atoms with Crippen LogP contribution < -0.4 is 10.6 Å². The first-order valence-electron chi connectivity index (χ1n) is 7.49. The minimum absolute atomic E-state index is 0.209. The van der Waals surface area contributed by atoms with E-state index >= 15 is 0 Å². The Hall–Kier alpha value is -1.85. The van der Waals surface area contributed by atoms with Gasteiger partial charge in [-0.1, -0.05) is 13.8 Å². The number of hydrogen-bond donors (Lipinski definition) is 3. The molecule has 6 nitrogen and oxygen atoms in total. The Labute approximate surface area is 118 Å². The van der Waals surface area contributed by atoms with Gasteiger partial charge in [0.2, 0.25) is 5.95 Å². The van der Waals surface area contributed by atoms with Gasteiger partial charge in [-0.15, -0.1) is 0 Å². The fourth-order valence-electron chi connectivity index (χ4n) is 2.67. The Morgan fingerprint density at radius 1 is 1.30 bits per heavy atom. The summed E-state index contributed by atoms with van der Waals surface area (Å²) in [6, 6.07) is 0. The van der Waals surface area contributed by atoms with Crippen LogP contribution in [0.3, 0.4) is 0 Å². The predicted octanol–water partition coefficient (Wildman–Crippen LogP) is 2.92. The molecule has 0 amide bonds. The van der Waals surface area contributed by atoms with Gasteiger partial charge in [-0.25, -0.2) is 0 Å². The molecule has 0 unspecified atom stereocenters. The summed E-state index contributed by atoms with van der Waals surface area (Å²) in [5, 5.41) is 14.9. The predicted molar refractivity (Wildman–Crippen MR) is 81.0 cm³/mol. The molecule has 1 fully saturated rings. The molecule has 2 aromatic heterocycles. The highest BCUT2D eigenvalue weighted by Crippen LogP contribution is 2.38. The number of aromatic amines is 1. The molecule has 0 atom stereocenters. The first-order valence-corrected chi connectivity index (χ1v) is 7.49. The van der Waals surface area contributed by atoms with E-state index in [4.69, 9.17) is 0 Å². The van der Waals surface area contributed by atoms with Crippen LogP contribution in [0.5, 0.6) is 0 Å². The molecule has 0 aliphatic heterocycles. The molecule has 1 saturated carbocycles. The number of hydrogen-bond acceptors (Lipinski definition) is 5. The highest BCUT2D eigenvalue weighted by atomic mass is 15.2. The summed E-state index contributed by atoms with van der Waals surface area (Å²) in [6.45, 7) is 5.23. The first kappa shape index (κ1) is 13.1. The van der Waals surface area contributed by atoms with Crippen LogP contribution in [0.2, 0.25) is 0 Å². The Balaban J connectivity index is 1.92. The van der Waals surface area contributed by atoms with Crippen LogP contribution in [0, 0.1) is 0 Å². The maximum absolute atomic E-state index is 4.63. The average molecular weight is 274 g/mol. The summed E-state index contributed by atoms with van der Waals surface area (Å²) in [6.07, 6.45) is 7.68. The molecule has 6 heteroatoms. The monoisotopic (exact) mass is 274 g/mol. The van der Waals surface area contributed by atoms with Gasteiger partial charge in [0.1, 0.15) is 5.82 Å². The average Bonchev–Trinajstić information content (AvgIpc) is 2.88. The van der Waals surface area contributed by atoms with Gasteiger partial charge < -0.3 is 10.6 Å². The quantitative estimate of drug-likeness (QED) is 0.755. The van der Waals surface area contributed by atoms with Gasteiger partial charge >= 0.3 is 0 Å². The van der Waals surface area contributed by atoms with E-state index < -0.39 is 0 Å². The SMILES string of the molecule is CCCNc1nc(NC2(CC)CCC2)c2cn[nH]c2n1. The zero-order chi connectivity index (χ0) is 14.0. The summed E-state index contributed by atoms with van der Waals surface area (Å²) in [7, 11) is 0. The highest BCUT2D eigenvalue weighted by molar-refractivity contribution is 5.87. The first-order chi connectivity index (χ1) is 9.76. The molecular weight excluding hydrogens is 252 g/mol. The lowest BCUT2D eigenvalue weighted by Gasteiger charge is -2.42. The Morgan fingerprint density at radius 3 is 2.80 bits per heavy atom. The summed E-state index contributed by atoms with van der Waals surface area (Å²) in [4.78, 5) is 9.08. The molecular formula is C14H22N6. The summed E-state index contributed by atoms with van der Waals surface area (Å²) in [5.74, 6) is 1.56. The van der Waals surface area contributed by atoms with Crippen LogP contribution >= 0.6 is 0 Å². The summed E-state index contributed by atoms with van der Waals surface area (Å²) < 4.78 is 0. The van der Waals surface area contributed by atoms with E-state index in [1.807, 2.05) is 0 Å². The fraction of sp³-hybridized carbons (Fsp3) is 0.643. The largest absolute Gasteiger partial charge is 0.364 e. The molecule has 0 saturated heterocycles. The van der Waals surface area contributed by atoms with Crippen LogP contribution in [-0.2, 0) is 0 Å². The zero-order valence-corrected chi connectivity index (χ0v) is 12.2. The van der Waals surface area contributed by atoms with Crippen molar-refractivity contribution in [1.29, 1.82) is 0 Å². The number of H-pyrrole nitrogens is 1. The van der Waals surface area contributed by atoms with Crippen LogP contribution in [0.15, 0.2) is 6.20 Å². The Bertz CT molecular complexity index is 581. The molecule has 1 aliphatic carbocycles. The van der Waals surface area contributed by atoms with E-state index in [2.05, 4.69) is 44.6 Å². The summed E-state index contributed by atoms with van der Waals surface area (Å²) in [5.41, 5.74) is 0.993. The van der Waals surface area contributed by atoms with Crippen molar-refractivity contribution < 1.29 is 0 Å². The number of rotatable bonds is 6. The molecule has 1 aliphatic rings. The Kier molecular flexibility index (Phi) is 3.46. The Morgan fingerprint density at radius 2 is 2.15 bits per heavy atom. The molecule has 108 valence electrons. The van der Waals surface area contributed by atoms with Crippen molar-refractivity contribution in [3.63, 3.8) is 0 Å². The maximum Gasteiger partial charge on any atom is 0.226 e. The van der Waals surface area contributed by atoms with Crippen molar-refractivity contribution in [2.45, 2.75) is 51.5 Å². The van der Waals surface area contributed by atoms with Crippen molar-refractivity contribution >= 4 is 22.8 Å². The van der Waals surface area contributed by atoms with E-state index in [9.17, 15) is 0 Å². The third-order valence-electron chi connectivity index (χ3n) is 4.21. The lowest BCUT2D eigenvalue weighted by Crippen LogP contribution is -2.44. The lowest BCUT2D eigenvalue weighted by molar-refractivity contribution is 0.269. The minimum atomic E-state index is 0.209. The van der Waals surface area contributed by atoms with E-state index in [1.165, 1.54) is 19.3 Å². The molecule has 3 rings (SSSR count). The van der Waals surface area contributed by atoms with Gasteiger partial charge in [0.05, 0.1) is 11.6 Å². The van der Waals surface area contributed by atoms with E-state index in [-0.39, 0.29) is 5.54 Å². The third kappa shape index (κ3) is 2.30. The number of fused-ring (bicyclic) bond motifs is 1. The second-order valence-corrected chi connectivity index (χ2v) is 5.57. The second kappa shape index (κ2) is 5.26. The molecule has 3 N–H and O–H groups in total. The van der Waals surface area contributed by atoms with E-state index in [1.54, 1.807) is 6.20 Å². The van der Waals surface area contributed by atoms with Gasteiger partial charge in [0.15, 0.2) is 5.65 Å². The molecule has 0 aromatic carbocycles. The number of nitrogens with one attached hydrogen (secondary N) is 3. The minimum Gasteiger partial charge on any atom is -0.364 e. The van der Waals surface area contributed by atoms with Crippen molar-refractivity contribution in [3.8, 4) is 0 Å². The van der Waals surface area contributed by atoms with Crippen LogP contribution in [-0.4, -0.2) is 32.2 Å². The van der Waals surface area contributed by atoms with E-state index in [0.29, 0.717) is 5.95 Å². The topological polar surface area (TPSA) is 78.5 Å². The van der Waals surface area contributed by atoms with Crippen LogP contribution in [0.1, 0.15) is 46.0 Å². The van der Waals surface area contributed by atoms with Crippen molar-refractivity contribution in [1.82, 2.24) is 20.2 Å². The number of anilines is 2. The fourth-order valence-corrected chi connectivity index (χ4v) is 2.67. The van der Waals surface area contributed by atoms with Crippen molar-refractivity contribution in [2.75, 3.05) is 17.2 Å². The number of nitrogens with zero attached hydrogens (tertiary/aromatic N) is 3. The maximum atomic E-state index is 4.63. The smallest absolute Gasteiger partial charge is 0.226 e. The van der Waals surface area contributed by atoms with Crippen molar-refractivity contribution in [2.24, 2.45) is 0 Å². The zero-order valence-electron chi connectivity index (χ0n) is 12.2. The van der Waals surface area contributed by atoms with E-state index in [0.717, 1.165) is 36.2 Å². The molecule has 0 spiro atoms. The number of aromatic nitrogens is 4. The normalized spacial score (nSPS) is 16.9. The van der Waals surface area contributed by atoms with Gasteiger partial charge in [-0.2, -0.15) is 15.1 Å². The second-order valence-electron chi connectivity index (χ2n) is 5.57. The molecule has 2 aromatic rings. The van der Waals surface area contributed by atoms with Gasteiger partial charge in [0.25, 0.3) is 0 Å².